The van der Waals surface area contributed by atoms with E-state index in [1.54, 1.807) is 0 Å². The summed E-state index contributed by atoms with van der Waals surface area (Å²) in [7, 11) is 0. The third-order valence-corrected chi connectivity index (χ3v) is 4.71. The molecule has 13 heavy (non-hydrogen) atoms. The van der Waals surface area contributed by atoms with Crippen LogP contribution in [0.1, 0.15) is 24.1 Å². The molecule has 72 valence electrons. The molecular weight excluding hydrogens is 268 g/mol. The molecule has 1 saturated carbocycles. The summed E-state index contributed by atoms with van der Waals surface area (Å²) >= 11 is 11.4. The Morgan fingerprint density at radius 3 is 2.92 bits per heavy atom. The number of hydrogen-bond acceptors (Lipinski definition) is 1. The lowest BCUT2D eigenvalue weighted by atomic mass is 10.0. The molecule has 1 heterocycles. The van der Waals surface area contributed by atoms with Crippen molar-refractivity contribution in [3.63, 3.8) is 0 Å². The number of rotatable bonds is 2. The van der Waals surface area contributed by atoms with E-state index >= 15 is 0 Å². The van der Waals surface area contributed by atoms with Crippen LogP contribution in [-0.2, 0) is 6.42 Å². The summed E-state index contributed by atoms with van der Waals surface area (Å²) in [4.78, 5) is 1.49. The van der Waals surface area contributed by atoms with E-state index in [0.29, 0.717) is 5.38 Å². The van der Waals surface area contributed by atoms with Crippen molar-refractivity contribution in [3.05, 3.63) is 20.8 Å². The second-order valence-corrected chi connectivity index (χ2v) is 6.24. The van der Waals surface area contributed by atoms with Crippen molar-refractivity contribution in [1.82, 2.24) is 0 Å². The Morgan fingerprint density at radius 1 is 1.54 bits per heavy atom. The smallest absolute Gasteiger partial charge is 0.0338 e. The van der Waals surface area contributed by atoms with Crippen LogP contribution in [0.5, 0.6) is 0 Å². The Balaban J connectivity index is 1.91. The van der Waals surface area contributed by atoms with Gasteiger partial charge in [0.2, 0.25) is 0 Å². The van der Waals surface area contributed by atoms with Gasteiger partial charge in [-0.1, -0.05) is 0 Å². The number of halogens is 2. The maximum atomic E-state index is 6.07. The summed E-state index contributed by atoms with van der Waals surface area (Å²) in [6, 6.07) is 2.23. The van der Waals surface area contributed by atoms with Crippen LogP contribution in [0.25, 0.3) is 0 Å². The second kappa shape index (κ2) is 4.33. The van der Waals surface area contributed by atoms with Crippen LogP contribution in [0, 0.1) is 5.92 Å². The molecule has 0 aromatic carbocycles. The van der Waals surface area contributed by atoms with Crippen molar-refractivity contribution in [1.29, 1.82) is 0 Å². The summed E-state index contributed by atoms with van der Waals surface area (Å²) in [5, 5.41) is 2.59. The first-order valence-corrected chi connectivity index (χ1v) is 6.72. The van der Waals surface area contributed by atoms with Crippen LogP contribution in [0.2, 0.25) is 0 Å². The summed E-state index contributed by atoms with van der Waals surface area (Å²) in [5.41, 5.74) is 0. The SMILES string of the molecule is ClC1CCC(Cc2cc(Br)cs2)C1. The molecule has 0 spiro atoms. The van der Waals surface area contributed by atoms with Gasteiger partial charge in [-0.2, -0.15) is 0 Å². The van der Waals surface area contributed by atoms with Gasteiger partial charge >= 0.3 is 0 Å². The lowest BCUT2D eigenvalue weighted by molar-refractivity contribution is 0.552. The van der Waals surface area contributed by atoms with Gasteiger partial charge in [0.1, 0.15) is 0 Å². The Kier molecular flexibility index (Phi) is 3.33. The highest BCUT2D eigenvalue weighted by Gasteiger charge is 2.23. The fourth-order valence-corrected chi connectivity index (χ4v) is 3.89. The summed E-state index contributed by atoms with van der Waals surface area (Å²) < 4.78 is 1.22. The van der Waals surface area contributed by atoms with E-state index < -0.39 is 0 Å². The van der Waals surface area contributed by atoms with Crippen molar-refractivity contribution >= 4 is 38.9 Å². The van der Waals surface area contributed by atoms with Gasteiger partial charge in [0.05, 0.1) is 0 Å². The summed E-state index contributed by atoms with van der Waals surface area (Å²) in [6.07, 6.45) is 4.94. The molecule has 0 radical (unpaired) electrons. The molecule has 1 aromatic rings. The first-order valence-electron chi connectivity index (χ1n) is 4.61. The van der Waals surface area contributed by atoms with Crippen molar-refractivity contribution in [3.8, 4) is 0 Å². The molecule has 2 atom stereocenters. The number of thiophene rings is 1. The Hall–Kier alpha value is 0.470. The molecule has 0 aliphatic heterocycles. The minimum Gasteiger partial charge on any atom is -0.148 e. The van der Waals surface area contributed by atoms with E-state index in [4.69, 9.17) is 11.6 Å². The average molecular weight is 280 g/mol. The molecule has 0 bridgehead atoms. The van der Waals surface area contributed by atoms with E-state index in [1.807, 2.05) is 11.3 Å². The first kappa shape index (κ1) is 10.0. The van der Waals surface area contributed by atoms with Crippen LogP contribution < -0.4 is 0 Å². The molecule has 0 amide bonds. The predicted molar refractivity (Wildman–Crippen MR) is 62.7 cm³/mol. The van der Waals surface area contributed by atoms with Crippen molar-refractivity contribution in [2.45, 2.75) is 31.1 Å². The normalized spacial score (nSPS) is 28.2. The molecule has 3 heteroatoms. The fraction of sp³-hybridized carbons (Fsp3) is 0.600. The van der Waals surface area contributed by atoms with E-state index in [1.165, 1.54) is 35.0 Å². The van der Waals surface area contributed by atoms with Crippen LogP contribution in [0.4, 0.5) is 0 Å². The molecule has 1 aromatic heterocycles. The second-order valence-electron chi connectivity index (χ2n) is 3.71. The maximum Gasteiger partial charge on any atom is 0.0338 e. The molecule has 2 unspecified atom stereocenters. The van der Waals surface area contributed by atoms with Gasteiger partial charge in [0, 0.05) is 20.1 Å². The molecule has 1 aliphatic carbocycles. The Morgan fingerprint density at radius 2 is 2.38 bits per heavy atom. The molecule has 0 saturated heterocycles. The standard InChI is InChI=1S/C10H12BrClS/c11-8-5-10(13-6-8)4-7-1-2-9(12)3-7/h5-7,9H,1-4H2. The molecule has 1 aliphatic rings. The van der Waals surface area contributed by atoms with E-state index in [-0.39, 0.29) is 0 Å². The fourth-order valence-electron chi connectivity index (χ4n) is 1.94. The van der Waals surface area contributed by atoms with Gasteiger partial charge in [0.15, 0.2) is 0 Å². The largest absolute Gasteiger partial charge is 0.148 e. The zero-order valence-electron chi connectivity index (χ0n) is 7.30. The van der Waals surface area contributed by atoms with Crippen molar-refractivity contribution in [2.24, 2.45) is 5.92 Å². The van der Waals surface area contributed by atoms with E-state index in [2.05, 4.69) is 27.4 Å². The predicted octanol–water partition coefficient (Wildman–Crippen LogP) is 4.46. The summed E-state index contributed by atoms with van der Waals surface area (Å²) in [6.45, 7) is 0. The van der Waals surface area contributed by atoms with Gasteiger partial charge in [-0.05, 0) is 53.6 Å². The van der Waals surface area contributed by atoms with E-state index in [9.17, 15) is 0 Å². The Labute approximate surface area is 96.4 Å². The van der Waals surface area contributed by atoms with Gasteiger partial charge in [-0.25, -0.2) is 0 Å². The van der Waals surface area contributed by atoms with Crippen LogP contribution in [0.3, 0.4) is 0 Å². The highest BCUT2D eigenvalue weighted by molar-refractivity contribution is 9.10. The highest BCUT2D eigenvalue weighted by Crippen LogP contribution is 2.33. The van der Waals surface area contributed by atoms with Gasteiger partial charge in [-0.15, -0.1) is 22.9 Å². The zero-order valence-corrected chi connectivity index (χ0v) is 10.5. The number of hydrogen-bond donors (Lipinski definition) is 0. The van der Waals surface area contributed by atoms with Gasteiger partial charge in [0.25, 0.3) is 0 Å². The lowest BCUT2D eigenvalue weighted by Gasteiger charge is -2.05. The van der Waals surface area contributed by atoms with E-state index in [0.717, 1.165) is 5.92 Å². The quantitative estimate of drug-likeness (QED) is 0.701. The average Bonchev–Trinajstić information content (AvgIpc) is 2.62. The van der Waals surface area contributed by atoms with Crippen LogP contribution in [-0.4, -0.2) is 5.38 Å². The third kappa shape index (κ3) is 2.71. The minimum atomic E-state index is 0.438. The Bertz CT molecular complexity index is 284. The first-order chi connectivity index (χ1) is 6.24. The van der Waals surface area contributed by atoms with Crippen LogP contribution in [0.15, 0.2) is 15.9 Å². The molecular formula is C10H12BrClS. The number of alkyl halides is 1. The topological polar surface area (TPSA) is 0 Å². The monoisotopic (exact) mass is 278 g/mol. The van der Waals surface area contributed by atoms with Gasteiger partial charge in [-0.3, -0.25) is 0 Å². The maximum absolute atomic E-state index is 6.07. The third-order valence-electron chi connectivity index (χ3n) is 2.59. The highest BCUT2D eigenvalue weighted by atomic mass is 79.9. The zero-order chi connectivity index (χ0) is 9.26. The van der Waals surface area contributed by atoms with Crippen LogP contribution >= 0.6 is 38.9 Å². The van der Waals surface area contributed by atoms with Crippen molar-refractivity contribution < 1.29 is 0 Å². The molecule has 2 rings (SSSR count). The van der Waals surface area contributed by atoms with Crippen molar-refractivity contribution in [2.75, 3.05) is 0 Å². The molecule has 0 N–H and O–H groups in total. The summed E-state index contributed by atoms with van der Waals surface area (Å²) in [5.74, 6) is 0.827. The minimum absolute atomic E-state index is 0.438. The lowest BCUT2D eigenvalue weighted by Crippen LogP contribution is -1.98. The molecule has 0 nitrogen and oxygen atoms in total. The molecule has 1 fully saturated rings. The van der Waals surface area contributed by atoms with Gasteiger partial charge < -0.3 is 0 Å².